The van der Waals surface area contributed by atoms with Crippen LogP contribution in [0, 0.1) is 24.0 Å². The Kier molecular flexibility index (Phi) is 8.92. The molecule has 1 heterocycles. The maximum Gasteiger partial charge on any atom is 0.296 e. The SMILES string of the molecule is COc1cc(N=Nc2ccc(C)cc2[N+](=O)[O-])c(C)cc1N=Nc1ccc(N(C)CCCN2C(=O)C=CC2=O)cc1. The lowest BCUT2D eigenvalue weighted by molar-refractivity contribution is -0.384. The van der Waals surface area contributed by atoms with Crippen LogP contribution in [-0.2, 0) is 9.59 Å². The van der Waals surface area contributed by atoms with E-state index in [1.54, 1.807) is 31.2 Å². The van der Waals surface area contributed by atoms with Crippen molar-refractivity contribution in [1.29, 1.82) is 0 Å². The summed E-state index contributed by atoms with van der Waals surface area (Å²) in [5, 5.41) is 28.4. The second kappa shape index (κ2) is 12.7. The van der Waals surface area contributed by atoms with Crippen LogP contribution in [0.25, 0.3) is 0 Å². The Hall–Kier alpha value is -5.26. The fourth-order valence-corrected chi connectivity index (χ4v) is 4.12. The molecule has 0 fully saturated rings. The average molecular weight is 556 g/mol. The van der Waals surface area contributed by atoms with E-state index in [4.69, 9.17) is 4.74 Å². The molecule has 0 aliphatic carbocycles. The first-order valence-corrected chi connectivity index (χ1v) is 12.8. The minimum atomic E-state index is -0.483. The summed E-state index contributed by atoms with van der Waals surface area (Å²) in [5.74, 6) is -0.119. The number of carbonyl (C=O) groups is 2. The summed E-state index contributed by atoms with van der Waals surface area (Å²) in [6, 6.07) is 15.7. The summed E-state index contributed by atoms with van der Waals surface area (Å²) in [6.07, 6.45) is 3.23. The maximum absolute atomic E-state index is 11.7. The number of methoxy groups -OCH3 is 1. The molecule has 0 aromatic heterocycles. The van der Waals surface area contributed by atoms with E-state index in [2.05, 4.69) is 20.5 Å². The van der Waals surface area contributed by atoms with E-state index in [0.29, 0.717) is 42.3 Å². The number of hydrogen-bond acceptors (Lipinski definition) is 10. The van der Waals surface area contributed by atoms with Crippen LogP contribution in [-0.4, -0.2) is 48.9 Å². The molecule has 12 nitrogen and oxygen atoms in total. The number of rotatable bonds is 11. The van der Waals surface area contributed by atoms with Crippen LogP contribution in [0.4, 0.5) is 34.1 Å². The molecular formula is C29H29N7O5. The van der Waals surface area contributed by atoms with Crippen molar-refractivity contribution in [2.45, 2.75) is 20.3 Å². The molecule has 0 N–H and O–H groups in total. The topological polar surface area (TPSA) is 142 Å². The van der Waals surface area contributed by atoms with Gasteiger partial charge < -0.3 is 9.64 Å². The molecule has 0 saturated heterocycles. The summed E-state index contributed by atoms with van der Waals surface area (Å²) in [5.41, 5.74) is 4.11. The molecule has 0 spiro atoms. The molecule has 0 radical (unpaired) electrons. The first-order chi connectivity index (χ1) is 19.7. The van der Waals surface area contributed by atoms with E-state index in [0.717, 1.165) is 16.8 Å². The first-order valence-electron chi connectivity index (χ1n) is 12.8. The predicted octanol–water partition coefficient (Wildman–Crippen LogP) is 6.80. The zero-order chi connectivity index (χ0) is 29.5. The van der Waals surface area contributed by atoms with E-state index < -0.39 is 4.92 Å². The fraction of sp³-hybridized carbons (Fsp3) is 0.241. The van der Waals surface area contributed by atoms with Crippen molar-refractivity contribution >= 4 is 45.9 Å². The molecule has 0 unspecified atom stereocenters. The van der Waals surface area contributed by atoms with Crippen LogP contribution in [0.1, 0.15) is 17.5 Å². The van der Waals surface area contributed by atoms with Gasteiger partial charge in [-0.1, -0.05) is 6.07 Å². The molecule has 2 amide bonds. The molecule has 3 aromatic carbocycles. The van der Waals surface area contributed by atoms with E-state index in [1.165, 1.54) is 30.2 Å². The van der Waals surface area contributed by atoms with Crippen LogP contribution in [0.15, 0.2) is 87.2 Å². The minimum absolute atomic E-state index is 0.117. The number of nitrogens with zero attached hydrogens (tertiary/aromatic N) is 7. The van der Waals surface area contributed by atoms with E-state index in [9.17, 15) is 19.7 Å². The Bertz CT molecular complexity index is 1550. The largest absolute Gasteiger partial charge is 0.494 e. The number of anilines is 1. The molecular weight excluding hydrogens is 526 g/mol. The van der Waals surface area contributed by atoms with Gasteiger partial charge >= 0.3 is 0 Å². The van der Waals surface area contributed by atoms with Gasteiger partial charge in [0.2, 0.25) is 0 Å². The number of imide groups is 1. The van der Waals surface area contributed by atoms with E-state index in [-0.39, 0.29) is 23.2 Å². The van der Waals surface area contributed by atoms with Crippen molar-refractivity contribution in [3.63, 3.8) is 0 Å². The molecule has 0 atom stereocenters. The highest BCUT2D eigenvalue weighted by Crippen LogP contribution is 2.37. The Morgan fingerprint density at radius 1 is 0.878 bits per heavy atom. The molecule has 0 bridgehead atoms. The number of nitro groups is 1. The van der Waals surface area contributed by atoms with Gasteiger partial charge in [-0.3, -0.25) is 24.6 Å². The van der Waals surface area contributed by atoms with Crippen molar-refractivity contribution in [3.8, 4) is 5.75 Å². The lowest BCUT2D eigenvalue weighted by atomic mass is 10.1. The van der Waals surface area contributed by atoms with Crippen molar-refractivity contribution < 1.29 is 19.2 Å². The molecule has 4 rings (SSSR count). The number of amides is 2. The van der Waals surface area contributed by atoms with Gasteiger partial charge in [-0.2, -0.15) is 5.11 Å². The van der Waals surface area contributed by atoms with Crippen LogP contribution in [0.3, 0.4) is 0 Å². The predicted molar refractivity (Wildman–Crippen MR) is 154 cm³/mol. The quantitative estimate of drug-likeness (QED) is 0.110. The van der Waals surface area contributed by atoms with E-state index >= 15 is 0 Å². The molecule has 41 heavy (non-hydrogen) atoms. The molecule has 210 valence electrons. The summed E-state index contributed by atoms with van der Waals surface area (Å²) >= 11 is 0. The highest BCUT2D eigenvalue weighted by molar-refractivity contribution is 6.12. The lowest BCUT2D eigenvalue weighted by Crippen LogP contribution is -2.33. The number of aryl methyl sites for hydroxylation is 2. The Labute approximate surface area is 236 Å². The van der Waals surface area contributed by atoms with Crippen molar-refractivity contribution in [2.24, 2.45) is 20.5 Å². The molecule has 12 heteroatoms. The van der Waals surface area contributed by atoms with Gasteiger partial charge in [0.1, 0.15) is 11.4 Å². The maximum atomic E-state index is 11.7. The van der Waals surface area contributed by atoms with Crippen LogP contribution in [0.2, 0.25) is 0 Å². The number of nitro benzene ring substituents is 1. The molecule has 0 saturated carbocycles. The van der Waals surface area contributed by atoms with Crippen molar-refractivity contribution in [3.05, 3.63) is 88.0 Å². The number of azo groups is 2. The Morgan fingerprint density at radius 3 is 2.20 bits per heavy atom. The number of hydrogen-bond donors (Lipinski definition) is 0. The normalized spacial score (nSPS) is 13.1. The summed E-state index contributed by atoms with van der Waals surface area (Å²) in [6.45, 7) is 4.63. The zero-order valence-corrected chi connectivity index (χ0v) is 23.1. The fourth-order valence-electron chi connectivity index (χ4n) is 4.12. The highest BCUT2D eigenvalue weighted by atomic mass is 16.6. The van der Waals surface area contributed by atoms with Gasteiger partial charge in [-0.25, -0.2) is 0 Å². The number of ether oxygens (including phenoxy) is 1. The monoisotopic (exact) mass is 555 g/mol. The second-order valence-corrected chi connectivity index (χ2v) is 9.41. The standard InChI is InChI=1S/C29H29N7O5/c1-19-6-11-23(26(16-19)36(39)40)31-32-24-18-27(41-4)25(17-20(24)2)33-30-21-7-9-22(10-8-21)34(3)14-5-15-35-28(37)12-13-29(35)38/h6-13,16-18H,5,14-15H2,1-4H3. The van der Waals surface area contributed by atoms with Crippen molar-refractivity contribution in [2.75, 3.05) is 32.1 Å². The number of carbonyl (C=O) groups excluding carboxylic acids is 2. The smallest absolute Gasteiger partial charge is 0.296 e. The zero-order valence-electron chi connectivity index (χ0n) is 23.1. The van der Waals surface area contributed by atoms with Crippen molar-refractivity contribution in [1.82, 2.24) is 4.90 Å². The van der Waals surface area contributed by atoms with Gasteiger partial charge in [0, 0.05) is 50.1 Å². The third-order valence-electron chi connectivity index (χ3n) is 6.43. The van der Waals surface area contributed by atoms with Crippen LogP contribution < -0.4 is 9.64 Å². The summed E-state index contributed by atoms with van der Waals surface area (Å²) in [7, 11) is 3.44. The van der Waals surface area contributed by atoms with Crippen LogP contribution in [0.5, 0.6) is 5.75 Å². The Balaban J connectivity index is 1.41. The van der Waals surface area contributed by atoms with Gasteiger partial charge in [0.25, 0.3) is 17.5 Å². The van der Waals surface area contributed by atoms with Gasteiger partial charge in [0.15, 0.2) is 5.69 Å². The third kappa shape index (κ3) is 7.04. The highest BCUT2D eigenvalue weighted by Gasteiger charge is 2.22. The average Bonchev–Trinajstić information content (AvgIpc) is 3.28. The second-order valence-electron chi connectivity index (χ2n) is 9.41. The summed E-state index contributed by atoms with van der Waals surface area (Å²) < 4.78 is 5.48. The van der Waals surface area contributed by atoms with Gasteiger partial charge in [-0.15, -0.1) is 15.3 Å². The van der Waals surface area contributed by atoms with Crippen LogP contribution >= 0.6 is 0 Å². The number of benzene rings is 3. The third-order valence-corrected chi connectivity index (χ3v) is 6.43. The van der Waals surface area contributed by atoms with E-state index in [1.807, 2.05) is 43.1 Å². The lowest BCUT2D eigenvalue weighted by Gasteiger charge is -2.21. The minimum Gasteiger partial charge on any atom is -0.494 e. The first kappa shape index (κ1) is 28.7. The summed E-state index contributed by atoms with van der Waals surface area (Å²) in [4.78, 5) is 37.5. The Morgan fingerprint density at radius 2 is 1.54 bits per heavy atom. The molecule has 3 aromatic rings. The molecule has 1 aliphatic rings. The molecule has 1 aliphatic heterocycles. The van der Waals surface area contributed by atoms with Gasteiger partial charge in [-0.05, 0) is 67.8 Å². The van der Waals surface area contributed by atoms with Gasteiger partial charge in [0.05, 0.1) is 23.4 Å².